The number of aromatic nitrogens is 1. The molecule has 0 saturated heterocycles. The molecular weight excluding hydrogens is 182 g/mol. The van der Waals surface area contributed by atoms with Crippen LogP contribution in [-0.4, -0.2) is 40.6 Å². The van der Waals surface area contributed by atoms with Gasteiger partial charge in [-0.1, -0.05) is 0 Å². The van der Waals surface area contributed by atoms with Gasteiger partial charge in [0.15, 0.2) is 0 Å². The highest BCUT2D eigenvalue weighted by molar-refractivity contribution is 5.80. The van der Waals surface area contributed by atoms with E-state index in [1.54, 1.807) is 13.2 Å². The molecule has 5 nitrogen and oxygen atoms in total. The van der Waals surface area contributed by atoms with Gasteiger partial charge in [-0.2, -0.15) is 0 Å². The van der Waals surface area contributed by atoms with Crippen LogP contribution >= 0.6 is 0 Å². The van der Waals surface area contributed by atoms with Crippen LogP contribution in [0.2, 0.25) is 0 Å². The predicted octanol–water partition coefficient (Wildman–Crippen LogP) is -0.707. The molecule has 1 aromatic rings. The van der Waals surface area contributed by atoms with Crippen LogP contribution in [0, 0.1) is 0 Å². The fourth-order valence-electron chi connectivity index (χ4n) is 1.15. The quantitative estimate of drug-likeness (QED) is 0.596. The zero-order valence-corrected chi connectivity index (χ0v) is 8.10. The van der Waals surface area contributed by atoms with Crippen LogP contribution in [0.4, 0.5) is 0 Å². The molecule has 0 aromatic carbocycles. The van der Waals surface area contributed by atoms with Crippen LogP contribution in [0.15, 0.2) is 18.3 Å². The number of amides is 1. The second kappa shape index (κ2) is 4.78. The van der Waals surface area contributed by atoms with Crippen molar-refractivity contribution < 1.29 is 9.90 Å². The van der Waals surface area contributed by atoms with Crippen LogP contribution < -0.4 is 5.73 Å². The Bertz CT molecular complexity index is 284. The summed E-state index contributed by atoms with van der Waals surface area (Å²) >= 11 is 0. The van der Waals surface area contributed by atoms with E-state index in [2.05, 4.69) is 4.98 Å². The normalized spacial score (nSPS) is 12.5. The highest BCUT2D eigenvalue weighted by Crippen LogP contribution is 2.01. The molecule has 0 radical (unpaired) electrons. The molecule has 0 bridgehead atoms. The van der Waals surface area contributed by atoms with Gasteiger partial charge < -0.3 is 20.7 Å². The lowest BCUT2D eigenvalue weighted by molar-refractivity contribution is -0.138. The number of carbonyl (C=O) groups is 1. The summed E-state index contributed by atoms with van der Waals surface area (Å²) in [6.45, 7) is 0.400. The van der Waals surface area contributed by atoms with E-state index >= 15 is 0 Å². The first-order chi connectivity index (χ1) is 6.65. The van der Waals surface area contributed by atoms with Gasteiger partial charge in [0, 0.05) is 25.5 Å². The van der Waals surface area contributed by atoms with Crippen LogP contribution in [-0.2, 0) is 11.3 Å². The summed E-state index contributed by atoms with van der Waals surface area (Å²) in [4.78, 5) is 15.8. The van der Waals surface area contributed by atoms with Gasteiger partial charge >= 0.3 is 0 Å². The summed E-state index contributed by atoms with van der Waals surface area (Å²) in [7, 11) is 1.63. The zero-order valence-electron chi connectivity index (χ0n) is 8.10. The van der Waals surface area contributed by atoms with Gasteiger partial charge in [0.1, 0.15) is 6.10 Å². The van der Waals surface area contributed by atoms with Crippen molar-refractivity contribution in [1.82, 2.24) is 9.88 Å². The second-order valence-corrected chi connectivity index (χ2v) is 3.14. The van der Waals surface area contributed by atoms with Crippen molar-refractivity contribution in [2.45, 2.75) is 12.6 Å². The average Bonchev–Trinajstić information content (AvgIpc) is 2.68. The molecule has 14 heavy (non-hydrogen) atoms. The molecule has 0 aliphatic carbocycles. The lowest BCUT2D eigenvalue weighted by Crippen LogP contribution is -2.40. The van der Waals surface area contributed by atoms with Gasteiger partial charge in [-0.25, -0.2) is 0 Å². The highest BCUT2D eigenvalue weighted by atomic mass is 16.3. The monoisotopic (exact) mass is 197 g/mol. The van der Waals surface area contributed by atoms with E-state index in [9.17, 15) is 9.90 Å². The lowest BCUT2D eigenvalue weighted by atomic mass is 10.3. The van der Waals surface area contributed by atoms with E-state index in [4.69, 9.17) is 5.73 Å². The number of likely N-dealkylation sites (N-methyl/N-ethyl adjacent to an activating group) is 1. The fourth-order valence-corrected chi connectivity index (χ4v) is 1.15. The summed E-state index contributed by atoms with van der Waals surface area (Å²) in [6, 6.07) is 3.73. The first-order valence-electron chi connectivity index (χ1n) is 4.40. The number of carbonyl (C=O) groups excluding carboxylic acids is 1. The van der Waals surface area contributed by atoms with E-state index in [1.165, 1.54) is 4.90 Å². The number of rotatable bonds is 4. The van der Waals surface area contributed by atoms with Crippen LogP contribution in [0.3, 0.4) is 0 Å². The summed E-state index contributed by atoms with van der Waals surface area (Å²) in [5, 5.41) is 9.20. The summed E-state index contributed by atoms with van der Waals surface area (Å²) in [5.41, 5.74) is 6.10. The second-order valence-electron chi connectivity index (χ2n) is 3.14. The van der Waals surface area contributed by atoms with E-state index in [0.29, 0.717) is 6.54 Å². The summed E-state index contributed by atoms with van der Waals surface area (Å²) in [5.74, 6) is -0.359. The van der Waals surface area contributed by atoms with Gasteiger partial charge in [-0.05, 0) is 12.1 Å². The average molecular weight is 197 g/mol. The summed E-state index contributed by atoms with van der Waals surface area (Å²) in [6.07, 6.45) is 0.683. The van der Waals surface area contributed by atoms with E-state index < -0.39 is 6.10 Å². The van der Waals surface area contributed by atoms with Gasteiger partial charge in [-0.15, -0.1) is 0 Å². The molecule has 0 spiro atoms. The molecule has 1 rings (SSSR count). The molecule has 78 valence electrons. The molecule has 1 heterocycles. The van der Waals surface area contributed by atoms with Crippen LogP contribution in [0.5, 0.6) is 0 Å². The number of nitrogens with two attached hydrogens (primary N) is 1. The molecular formula is C9H15N3O2. The maximum absolute atomic E-state index is 11.4. The first kappa shape index (κ1) is 10.7. The third-order valence-corrected chi connectivity index (χ3v) is 1.95. The van der Waals surface area contributed by atoms with E-state index in [0.717, 1.165) is 5.69 Å². The van der Waals surface area contributed by atoms with Crippen molar-refractivity contribution in [3.63, 3.8) is 0 Å². The summed E-state index contributed by atoms with van der Waals surface area (Å²) < 4.78 is 0. The molecule has 1 atom stereocenters. The Morgan fingerprint density at radius 2 is 2.50 bits per heavy atom. The number of hydrogen-bond acceptors (Lipinski definition) is 3. The maximum atomic E-state index is 11.4. The predicted molar refractivity (Wildman–Crippen MR) is 52.3 cm³/mol. The lowest BCUT2D eigenvalue weighted by Gasteiger charge is -2.18. The van der Waals surface area contributed by atoms with Crippen molar-refractivity contribution in [2.24, 2.45) is 5.73 Å². The van der Waals surface area contributed by atoms with Crippen molar-refractivity contribution in [2.75, 3.05) is 13.6 Å². The molecule has 4 N–H and O–H groups in total. The number of nitrogens with zero attached hydrogens (tertiary/aromatic N) is 1. The molecule has 1 amide bonds. The minimum atomic E-state index is -1.10. The van der Waals surface area contributed by atoms with Crippen molar-refractivity contribution in [1.29, 1.82) is 0 Å². The molecule has 0 fully saturated rings. The smallest absolute Gasteiger partial charge is 0.252 e. The van der Waals surface area contributed by atoms with Crippen molar-refractivity contribution in [3.05, 3.63) is 24.0 Å². The Hall–Kier alpha value is -1.33. The van der Waals surface area contributed by atoms with Gasteiger partial charge in [0.25, 0.3) is 5.91 Å². The molecule has 1 unspecified atom stereocenters. The van der Waals surface area contributed by atoms with E-state index in [1.807, 2.05) is 12.1 Å². The molecule has 0 aliphatic heterocycles. The number of aliphatic hydroxyl groups is 1. The number of H-pyrrole nitrogens is 1. The fraction of sp³-hybridized carbons (Fsp3) is 0.444. The molecule has 0 aliphatic rings. The Morgan fingerprint density at radius 3 is 3.00 bits per heavy atom. The molecule has 0 saturated carbocycles. The van der Waals surface area contributed by atoms with Gasteiger partial charge in [-0.3, -0.25) is 4.79 Å². The SMILES string of the molecule is CN(Cc1ccc[nH]1)C(=O)C(O)CN. The Labute approximate surface area is 82.5 Å². The van der Waals surface area contributed by atoms with Crippen molar-refractivity contribution in [3.8, 4) is 0 Å². The Kier molecular flexibility index (Phi) is 3.67. The minimum absolute atomic E-state index is 0.0477. The van der Waals surface area contributed by atoms with Gasteiger partial charge in [0.05, 0.1) is 6.54 Å². The number of aromatic amines is 1. The number of nitrogens with one attached hydrogen (secondary N) is 1. The highest BCUT2D eigenvalue weighted by Gasteiger charge is 2.17. The van der Waals surface area contributed by atoms with Crippen LogP contribution in [0.25, 0.3) is 0 Å². The largest absolute Gasteiger partial charge is 0.382 e. The Balaban J connectivity index is 2.50. The third-order valence-electron chi connectivity index (χ3n) is 1.95. The van der Waals surface area contributed by atoms with Crippen LogP contribution in [0.1, 0.15) is 5.69 Å². The minimum Gasteiger partial charge on any atom is -0.382 e. The number of hydrogen-bond donors (Lipinski definition) is 3. The molecule has 1 aromatic heterocycles. The topological polar surface area (TPSA) is 82.3 Å². The first-order valence-corrected chi connectivity index (χ1v) is 4.40. The maximum Gasteiger partial charge on any atom is 0.252 e. The zero-order chi connectivity index (χ0) is 10.6. The Morgan fingerprint density at radius 1 is 1.79 bits per heavy atom. The standard InChI is InChI=1S/C9H15N3O2/c1-12(9(14)8(13)5-10)6-7-3-2-4-11-7/h2-4,8,11,13H,5-6,10H2,1H3. The number of aliphatic hydroxyl groups excluding tert-OH is 1. The molecule has 5 heteroatoms. The van der Waals surface area contributed by atoms with E-state index in [-0.39, 0.29) is 12.5 Å². The van der Waals surface area contributed by atoms with Crippen molar-refractivity contribution >= 4 is 5.91 Å². The van der Waals surface area contributed by atoms with Gasteiger partial charge in [0.2, 0.25) is 0 Å². The third kappa shape index (κ3) is 2.58.